The van der Waals surface area contributed by atoms with Crippen molar-refractivity contribution in [2.24, 2.45) is 10.4 Å². The van der Waals surface area contributed by atoms with E-state index >= 15 is 0 Å². The first-order valence-electron chi connectivity index (χ1n) is 13.3. The maximum Gasteiger partial charge on any atom is 0.332 e. The van der Waals surface area contributed by atoms with Gasteiger partial charge in [0.2, 0.25) is 0 Å². The number of allylic oxidation sites excluding steroid dienone is 1. The average Bonchev–Trinajstić information content (AvgIpc) is 3.49. The predicted octanol–water partition coefficient (Wildman–Crippen LogP) is 4.85. The lowest BCUT2D eigenvalue weighted by Crippen LogP contribution is -2.53. The summed E-state index contributed by atoms with van der Waals surface area (Å²) in [7, 11) is 1.67. The van der Waals surface area contributed by atoms with Crippen LogP contribution < -0.4 is 5.48 Å². The van der Waals surface area contributed by atoms with E-state index in [-0.39, 0.29) is 23.4 Å². The zero-order valence-electron chi connectivity index (χ0n) is 22.7. The Morgan fingerprint density at radius 3 is 2.25 bits per heavy atom. The number of hydrogen-bond donors (Lipinski definition) is 1. The summed E-state index contributed by atoms with van der Waals surface area (Å²) in [6.45, 7) is 1.50. The summed E-state index contributed by atoms with van der Waals surface area (Å²) in [5.74, 6) is -1.73. The second kappa shape index (κ2) is 13.2. The van der Waals surface area contributed by atoms with Gasteiger partial charge in [0.15, 0.2) is 10.9 Å². The van der Waals surface area contributed by atoms with Gasteiger partial charge in [-0.2, -0.15) is 5.48 Å². The number of amides is 1. The number of ether oxygens (including phenoxy) is 1. The van der Waals surface area contributed by atoms with E-state index in [0.29, 0.717) is 37.0 Å². The van der Waals surface area contributed by atoms with Crippen LogP contribution in [0.4, 0.5) is 0 Å². The van der Waals surface area contributed by atoms with Crippen LogP contribution in [0.15, 0.2) is 77.8 Å². The third-order valence-electron chi connectivity index (χ3n) is 7.74. The van der Waals surface area contributed by atoms with Crippen molar-refractivity contribution < 1.29 is 28.8 Å². The number of hydroxylamine groups is 1. The van der Waals surface area contributed by atoms with Gasteiger partial charge in [-0.25, -0.2) is 4.79 Å². The molecule has 40 heavy (non-hydrogen) atoms. The molecule has 1 amide bonds. The van der Waals surface area contributed by atoms with Crippen LogP contribution in [0, 0.1) is 5.41 Å². The molecule has 1 heterocycles. The van der Waals surface area contributed by atoms with Gasteiger partial charge in [-0.15, -0.1) is 0 Å². The molecule has 9 heteroatoms. The summed E-state index contributed by atoms with van der Waals surface area (Å²) in [4.78, 5) is 62.2. The Balaban J connectivity index is 1.64. The van der Waals surface area contributed by atoms with Crippen LogP contribution in [0.2, 0.25) is 0 Å². The van der Waals surface area contributed by atoms with E-state index in [4.69, 9.17) is 14.6 Å². The topological polar surface area (TPSA) is 111 Å². The Morgan fingerprint density at radius 2 is 1.68 bits per heavy atom. The Bertz CT molecular complexity index is 1260. The number of rotatable bonds is 10. The van der Waals surface area contributed by atoms with Crippen molar-refractivity contribution in [1.82, 2.24) is 5.48 Å². The van der Waals surface area contributed by atoms with Gasteiger partial charge in [-0.3, -0.25) is 19.4 Å². The van der Waals surface area contributed by atoms with E-state index in [1.165, 1.54) is 6.92 Å². The fourth-order valence-electron chi connectivity index (χ4n) is 5.55. The first-order chi connectivity index (χ1) is 19.3. The monoisotopic (exact) mass is 562 g/mol. The molecular formula is C31H34N2O6S. The number of methoxy groups -OCH3 is 1. The molecule has 210 valence electrons. The lowest BCUT2D eigenvalue weighted by molar-refractivity contribution is -0.150. The van der Waals surface area contributed by atoms with E-state index in [1.54, 1.807) is 55.8 Å². The molecule has 4 rings (SSSR count). The van der Waals surface area contributed by atoms with Crippen LogP contribution in [-0.2, 0) is 24.0 Å². The molecule has 8 nitrogen and oxygen atoms in total. The van der Waals surface area contributed by atoms with Crippen molar-refractivity contribution in [3.8, 4) is 0 Å². The van der Waals surface area contributed by atoms with Crippen molar-refractivity contribution in [3.63, 3.8) is 0 Å². The van der Waals surface area contributed by atoms with Crippen molar-refractivity contribution in [1.29, 1.82) is 0 Å². The Labute approximate surface area is 238 Å². The third kappa shape index (κ3) is 6.59. The van der Waals surface area contributed by atoms with Gasteiger partial charge in [0.1, 0.15) is 5.54 Å². The summed E-state index contributed by atoms with van der Waals surface area (Å²) in [5, 5.41) is -0.0575. The molecule has 0 bridgehead atoms. The smallest absolute Gasteiger partial charge is 0.332 e. The molecule has 0 radical (unpaired) electrons. The molecule has 0 aromatic heterocycles. The SMILES string of the molecule is COC1CCC(CSC(C)=O)(C(=O)C2(C(CC(=O)ONC(=O)c3ccccc3)c3ccccc3)C=CC=N2)CC1. The van der Waals surface area contributed by atoms with Gasteiger partial charge in [-0.05, 0) is 55.5 Å². The third-order valence-corrected chi connectivity index (χ3v) is 8.85. The summed E-state index contributed by atoms with van der Waals surface area (Å²) >= 11 is 1.15. The van der Waals surface area contributed by atoms with E-state index in [1.807, 2.05) is 30.3 Å². The van der Waals surface area contributed by atoms with E-state index in [2.05, 4.69) is 5.48 Å². The highest BCUT2D eigenvalue weighted by Crippen LogP contribution is 2.49. The first kappa shape index (κ1) is 29.4. The molecule has 1 N–H and O–H groups in total. The molecule has 2 unspecified atom stereocenters. The second-order valence-electron chi connectivity index (χ2n) is 10.2. The predicted molar refractivity (Wildman–Crippen MR) is 154 cm³/mol. The minimum Gasteiger partial charge on any atom is -0.381 e. The highest BCUT2D eigenvalue weighted by atomic mass is 32.2. The molecule has 2 aromatic rings. The van der Waals surface area contributed by atoms with Crippen LogP contribution in [0.25, 0.3) is 0 Å². The molecule has 2 atom stereocenters. The largest absolute Gasteiger partial charge is 0.381 e. The first-order valence-corrected chi connectivity index (χ1v) is 14.3. The minimum atomic E-state index is -1.37. The number of aliphatic imine (C=N–C) groups is 1. The molecule has 1 aliphatic heterocycles. The number of benzene rings is 2. The Hall–Kier alpha value is -3.56. The Kier molecular flexibility index (Phi) is 9.71. The Morgan fingerprint density at radius 1 is 1.02 bits per heavy atom. The second-order valence-corrected chi connectivity index (χ2v) is 11.4. The summed E-state index contributed by atoms with van der Waals surface area (Å²) < 4.78 is 5.56. The molecule has 0 spiro atoms. The molecule has 1 aliphatic carbocycles. The van der Waals surface area contributed by atoms with Gasteiger partial charge >= 0.3 is 5.97 Å². The molecule has 1 saturated carbocycles. The van der Waals surface area contributed by atoms with Gasteiger partial charge < -0.3 is 9.57 Å². The van der Waals surface area contributed by atoms with Crippen molar-refractivity contribution >= 4 is 40.8 Å². The maximum atomic E-state index is 14.7. The fraction of sp³-hybridized carbons (Fsp3) is 0.387. The molecular weight excluding hydrogens is 528 g/mol. The lowest BCUT2D eigenvalue weighted by atomic mass is 9.62. The van der Waals surface area contributed by atoms with E-state index in [0.717, 1.165) is 17.3 Å². The van der Waals surface area contributed by atoms with Crippen LogP contribution in [0.3, 0.4) is 0 Å². The number of carbonyl (C=O) groups is 4. The standard InChI is InChI=1S/C31H34N2O6S/c1-22(34)40-21-30(17-14-25(38-2)15-18-30)29(37)31(16-9-19-32-31)26(23-10-5-3-6-11-23)20-27(35)39-33-28(36)24-12-7-4-8-13-24/h3-13,16,19,25-26H,14-15,17-18,20-21H2,1-2H3,(H,33,36). The van der Waals surface area contributed by atoms with Crippen LogP contribution in [-0.4, -0.2) is 53.5 Å². The molecule has 0 saturated heterocycles. The zero-order valence-corrected chi connectivity index (χ0v) is 23.5. The molecule has 2 aliphatic rings. The number of nitrogens with zero attached hydrogens (tertiary/aromatic N) is 1. The summed E-state index contributed by atoms with van der Waals surface area (Å²) in [6.07, 6.45) is 7.39. The van der Waals surface area contributed by atoms with Crippen molar-refractivity contribution in [2.45, 2.75) is 56.6 Å². The lowest BCUT2D eigenvalue weighted by Gasteiger charge is -2.44. The maximum absolute atomic E-state index is 14.7. The quantitative estimate of drug-likeness (QED) is 0.412. The zero-order chi connectivity index (χ0) is 28.6. The van der Waals surface area contributed by atoms with E-state index < -0.39 is 28.7 Å². The van der Waals surface area contributed by atoms with Crippen LogP contribution in [0.1, 0.15) is 60.9 Å². The number of thioether (sulfide) groups is 1. The minimum absolute atomic E-state index is 0.0509. The number of ketones is 1. The van der Waals surface area contributed by atoms with E-state index in [9.17, 15) is 19.2 Å². The highest BCUT2D eigenvalue weighted by molar-refractivity contribution is 8.13. The molecule has 2 aromatic carbocycles. The average molecular weight is 563 g/mol. The fourth-order valence-corrected chi connectivity index (χ4v) is 6.45. The number of hydrogen-bond acceptors (Lipinski definition) is 8. The number of nitrogens with one attached hydrogen (secondary N) is 1. The number of Topliss-reactive ketones (excluding diaryl/α,β-unsaturated/α-hetero) is 1. The number of carbonyl (C=O) groups excluding carboxylic acids is 4. The van der Waals surface area contributed by atoms with Crippen LogP contribution >= 0.6 is 11.8 Å². The summed E-state index contributed by atoms with van der Waals surface area (Å²) in [5.41, 5.74) is 1.11. The van der Waals surface area contributed by atoms with Gasteiger partial charge in [-0.1, -0.05) is 60.3 Å². The summed E-state index contributed by atoms with van der Waals surface area (Å²) in [6, 6.07) is 17.7. The van der Waals surface area contributed by atoms with Gasteiger partial charge in [0.25, 0.3) is 5.91 Å². The van der Waals surface area contributed by atoms with Crippen LogP contribution in [0.5, 0.6) is 0 Å². The van der Waals surface area contributed by atoms with Gasteiger partial charge in [0.05, 0.1) is 12.5 Å². The van der Waals surface area contributed by atoms with Crippen molar-refractivity contribution in [2.75, 3.05) is 12.9 Å². The highest BCUT2D eigenvalue weighted by Gasteiger charge is 2.55. The van der Waals surface area contributed by atoms with Gasteiger partial charge in [0, 0.05) is 42.9 Å². The van der Waals surface area contributed by atoms with Crippen molar-refractivity contribution in [3.05, 3.63) is 83.9 Å². The molecule has 1 fully saturated rings. The normalized spacial score (nSPS) is 24.3.